The summed E-state index contributed by atoms with van der Waals surface area (Å²) in [6.07, 6.45) is 4.38. The number of ether oxygens (including phenoxy) is 2. The molecule has 0 N–H and O–H groups in total. The van der Waals surface area contributed by atoms with Crippen LogP contribution in [0, 0.1) is 5.92 Å². The third kappa shape index (κ3) is 7.91. The maximum atomic E-state index is 12.7. The average molecular weight is 534 g/mol. The molecule has 1 saturated heterocycles. The summed E-state index contributed by atoms with van der Waals surface area (Å²) in [6.45, 7) is 5.35. The average Bonchev–Trinajstić information content (AvgIpc) is 3.25. The van der Waals surface area contributed by atoms with Crippen molar-refractivity contribution in [2.24, 2.45) is 13.0 Å². The summed E-state index contributed by atoms with van der Waals surface area (Å²) in [5.41, 5.74) is 3.42. The van der Waals surface area contributed by atoms with Crippen molar-refractivity contribution in [1.29, 1.82) is 0 Å². The molecule has 0 unspecified atom stereocenters. The van der Waals surface area contributed by atoms with E-state index in [9.17, 15) is 14.4 Å². The summed E-state index contributed by atoms with van der Waals surface area (Å²) in [5, 5.41) is 0. The van der Waals surface area contributed by atoms with Crippen molar-refractivity contribution in [3.63, 3.8) is 0 Å². The van der Waals surface area contributed by atoms with Gasteiger partial charge in [0.2, 0.25) is 0 Å². The standard InChI is InChI=1S/C31H39N3O5/c1-22(2)39-30(36)11-7-10-28(35)25-13-14-27-26(20-25)32-29(33(27)3)15-12-23-16-18-34(19-17-23)31(37)38-21-24-8-5-4-6-9-24/h4-6,8-9,13-14,20,22-23H,7,10-12,15-19,21H2,1-3H3. The zero-order valence-electron chi connectivity index (χ0n) is 23.2. The number of carbonyl (C=O) groups excluding carboxylic acids is 3. The van der Waals surface area contributed by atoms with E-state index < -0.39 is 0 Å². The zero-order chi connectivity index (χ0) is 27.8. The van der Waals surface area contributed by atoms with Gasteiger partial charge in [0.05, 0.1) is 17.1 Å². The molecule has 2 aromatic carbocycles. The van der Waals surface area contributed by atoms with E-state index in [1.54, 1.807) is 4.90 Å². The van der Waals surface area contributed by atoms with Crippen LogP contribution in [0.4, 0.5) is 4.79 Å². The van der Waals surface area contributed by atoms with Crippen LogP contribution in [0.2, 0.25) is 0 Å². The highest BCUT2D eigenvalue weighted by Crippen LogP contribution is 2.25. The number of amides is 1. The first-order valence-corrected chi connectivity index (χ1v) is 13.9. The van der Waals surface area contributed by atoms with Crippen LogP contribution >= 0.6 is 0 Å². The number of aryl methyl sites for hydroxylation is 2. The number of carbonyl (C=O) groups is 3. The molecule has 1 fully saturated rings. The van der Waals surface area contributed by atoms with E-state index in [0.29, 0.717) is 44.0 Å². The van der Waals surface area contributed by atoms with Crippen LogP contribution in [0.1, 0.15) is 74.1 Å². The molecule has 1 amide bonds. The lowest BCUT2D eigenvalue weighted by Crippen LogP contribution is -2.38. The Morgan fingerprint density at radius 1 is 1.03 bits per heavy atom. The van der Waals surface area contributed by atoms with E-state index in [-0.39, 0.29) is 30.4 Å². The maximum Gasteiger partial charge on any atom is 0.410 e. The van der Waals surface area contributed by atoms with Crippen LogP contribution in [0.5, 0.6) is 0 Å². The number of benzene rings is 2. The predicted octanol–water partition coefficient (Wildman–Crippen LogP) is 5.86. The number of fused-ring (bicyclic) bond motifs is 1. The molecule has 208 valence electrons. The maximum absolute atomic E-state index is 12.7. The highest BCUT2D eigenvalue weighted by molar-refractivity contribution is 5.99. The first-order chi connectivity index (χ1) is 18.8. The second-order valence-corrected chi connectivity index (χ2v) is 10.6. The molecule has 1 aliphatic heterocycles. The number of hydrogen-bond donors (Lipinski definition) is 0. The van der Waals surface area contributed by atoms with Gasteiger partial charge in [0.1, 0.15) is 12.4 Å². The Morgan fingerprint density at radius 3 is 2.49 bits per heavy atom. The third-order valence-corrected chi connectivity index (χ3v) is 7.30. The number of aromatic nitrogens is 2. The molecule has 39 heavy (non-hydrogen) atoms. The number of piperidine rings is 1. The zero-order valence-corrected chi connectivity index (χ0v) is 23.2. The van der Waals surface area contributed by atoms with Gasteiger partial charge in [-0.3, -0.25) is 9.59 Å². The second-order valence-electron chi connectivity index (χ2n) is 10.6. The van der Waals surface area contributed by atoms with Crippen molar-refractivity contribution in [3.8, 4) is 0 Å². The van der Waals surface area contributed by atoms with Gasteiger partial charge in [-0.05, 0) is 69.2 Å². The number of nitrogens with zero attached hydrogens (tertiary/aromatic N) is 3. The van der Waals surface area contributed by atoms with E-state index in [2.05, 4.69) is 4.57 Å². The molecule has 3 aromatic rings. The molecular weight excluding hydrogens is 494 g/mol. The van der Waals surface area contributed by atoms with Gasteiger partial charge in [-0.1, -0.05) is 30.3 Å². The van der Waals surface area contributed by atoms with Gasteiger partial charge in [0.15, 0.2) is 5.78 Å². The minimum atomic E-state index is -0.267. The summed E-state index contributed by atoms with van der Waals surface area (Å²) >= 11 is 0. The van der Waals surface area contributed by atoms with Gasteiger partial charge in [0, 0.05) is 45.0 Å². The summed E-state index contributed by atoms with van der Waals surface area (Å²) in [4.78, 5) is 43.5. The van der Waals surface area contributed by atoms with Crippen LogP contribution in [0.25, 0.3) is 11.0 Å². The molecule has 1 aliphatic rings. The number of likely N-dealkylation sites (tertiary alicyclic amines) is 1. The Morgan fingerprint density at radius 2 is 1.77 bits per heavy atom. The van der Waals surface area contributed by atoms with E-state index in [4.69, 9.17) is 14.5 Å². The van der Waals surface area contributed by atoms with Crippen LogP contribution < -0.4 is 0 Å². The molecule has 0 spiro atoms. The summed E-state index contributed by atoms with van der Waals surface area (Å²) in [6, 6.07) is 15.4. The molecule has 2 heterocycles. The monoisotopic (exact) mass is 533 g/mol. The lowest BCUT2D eigenvalue weighted by molar-refractivity contribution is -0.147. The summed E-state index contributed by atoms with van der Waals surface area (Å²) in [7, 11) is 2.01. The molecule has 0 saturated carbocycles. The van der Waals surface area contributed by atoms with Gasteiger partial charge in [-0.15, -0.1) is 0 Å². The van der Waals surface area contributed by atoms with E-state index in [1.807, 2.05) is 69.4 Å². The lowest BCUT2D eigenvalue weighted by Gasteiger charge is -2.31. The van der Waals surface area contributed by atoms with Gasteiger partial charge < -0.3 is 18.9 Å². The minimum absolute atomic E-state index is 0.00973. The van der Waals surface area contributed by atoms with Crippen LogP contribution in [0.15, 0.2) is 48.5 Å². The van der Waals surface area contributed by atoms with E-state index in [1.165, 1.54) is 0 Å². The number of ketones is 1. The van der Waals surface area contributed by atoms with Crippen LogP contribution in [0.3, 0.4) is 0 Å². The lowest BCUT2D eigenvalue weighted by atomic mass is 9.92. The smallest absolute Gasteiger partial charge is 0.410 e. The molecule has 0 bridgehead atoms. The van der Waals surface area contributed by atoms with Crippen molar-refractivity contribution < 1.29 is 23.9 Å². The number of Topliss-reactive ketones (excluding diaryl/α,β-unsaturated/α-hetero) is 1. The van der Waals surface area contributed by atoms with Crippen molar-refractivity contribution in [2.75, 3.05) is 13.1 Å². The predicted molar refractivity (Wildman–Crippen MR) is 149 cm³/mol. The SMILES string of the molecule is CC(C)OC(=O)CCCC(=O)c1ccc2c(c1)nc(CCC1CCN(C(=O)OCc3ccccc3)CC1)n2C. The number of esters is 1. The first kappa shape index (κ1) is 28.3. The molecule has 8 heteroatoms. The fourth-order valence-electron chi connectivity index (χ4n) is 5.05. The van der Waals surface area contributed by atoms with E-state index >= 15 is 0 Å². The number of imidazole rings is 1. The fourth-order valence-corrected chi connectivity index (χ4v) is 5.05. The molecule has 8 nitrogen and oxygen atoms in total. The Kier molecular flexibility index (Phi) is 9.74. The minimum Gasteiger partial charge on any atom is -0.463 e. The topological polar surface area (TPSA) is 90.7 Å². The van der Waals surface area contributed by atoms with Crippen LogP contribution in [-0.2, 0) is 34.3 Å². The molecule has 0 radical (unpaired) electrons. The molecular formula is C31H39N3O5. The van der Waals surface area contributed by atoms with Crippen molar-refractivity contribution in [1.82, 2.24) is 14.5 Å². The Balaban J connectivity index is 1.24. The second kappa shape index (κ2) is 13.4. The fraction of sp³-hybridized carbons (Fsp3) is 0.484. The van der Waals surface area contributed by atoms with E-state index in [0.717, 1.165) is 48.1 Å². The van der Waals surface area contributed by atoms with Gasteiger partial charge in [-0.2, -0.15) is 0 Å². The Labute approximate surface area is 230 Å². The summed E-state index contributed by atoms with van der Waals surface area (Å²) < 4.78 is 12.7. The molecule has 0 atom stereocenters. The Bertz CT molecular complexity index is 1280. The molecule has 0 aliphatic carbocycles. The number of hydrogen-bond acceptors (Lipinski definition) is 6. The van der Waals surface area contributed by atoms with Crippen molar-refractivity contribution in [2.45, 2.75) is 71.5 Å². The largest absolute Gasteiger partial charge is 0.463 e. The van der Waals surface area contributed by atoms with Gasteiger partial charge >= 0.3 is 12.1 Å². The molecule has 1 aromatic heterocycles. The summed E-state index contributed by atoms with van der Waals surface area (Å²) in [5.74, 6) is 1.27. The van der Waals surface area contributed by atoms with Gasteiger partial charge in [-0.25, -0.2) is 9.78 Å². The normalized spacial score (nSPS) is 14.1. The molecule has 4 rings (SSSR count). The quantitative estimate of drug-likeness (QED) is 0.227. The van der Waals surface area contributed by atoms with Crippen molar-refractivity contribution >= 4 is 28.9 Å². The highest BCUT2D eigenvalue weighted by Gasteiger charge is 2.24. The highest BCUT2D eigenvalue weighted by atomic mass is 16.6. The first-order valence-electron chi connectivity index (χ1n) is 13.9. The van der Waals surface area contributed by atoms with Crippen molar-refractivity contribution in [3.05, 3.63) is 65.5 Å². The van der Waals surface area contributed by atoms with Gasteiger partial charge in [0.25, 0.3) is 0 Å². The number of rotatable bonds is 11. The third-order valence-electron chi connectivity index (χ3n) is 7.30. The Hall–Kier alpha value is -3.68. The van der Waals surface area contributed by atoms with Crippen LogP contribution in [-0.4, -0.2) is 51.5 Å².